The number of sulfone groups is 1. The van der Waals surface area contributed by atoms with Gasteiger partial charge < -0.3 is 9.31 Å². The number of aromatic nitrogens is 4. The van der Waals surface area contributed by atoms with E-state index in [-0.39, 0.29) is 29.2 Å². The number of unbranched alkanes of at least 4 members (excludes halogenated alkanes) is 1. The molecule has 0 N–H and O–H groups in total. The maximum absolute atomic E-state index is 12.7. The number of tetrazole rings is 1. The molecular weight excluding hydrogens is 439 g/mol. The lowest BCUT2D eigenvalue weighted by atomic mass is 9.88. The standard InChI is InChI=1S/C23H33BN4O4S/c1-19(16-17-24-31-22(2,3)23(4,5)32-24)13-9-6-7-12-18-33(29,30)21-25-26-27-28(21)20-14-10-8-11-15-20/h6,8-11,14-17,19H,7,12-13,18H2,1-5H3/b9-6+,17-16+. The smallest absolute Gasteiger partial charge is 0.400 e. The third-order valence-electron chi connectivity index (χ3n) is 6.05. The van der Waals surface area contributed by atoms with Crippen LogP contribution in [0.2, 0.25) is 0 Å². The molecule has 2 aromatic rings. The molecule has 1 aliphatic heterocycles. The number of rotatable bonds is 10. The highest BCUT2D eigenvalue weighted by molar-refractivity contribution is 7.91. The third-order valence-corrected chi connectivity index (χ3v) is 7.68. The predicted molar refractivity (Wildman–Crippen MR) is 129 cm³/mol. The molecule has 1 unspecified atom stereocenters. The topological polar surface area (TPSA) is 96.2 Å². The van der Waals surface area contributed by atoms with E-state index in [1.54, 1.807) is 12.1 Å². The summed E-state index contributed by atoms with van der Waals surface area (Å²) in [7, 11) is -3.92. The Kier molecular flexibility index (Phi) is 7.92. The zero-order chi connectivity index (χ0) is 24.1. The van der Waals surface area contributed by atoms with Crippen LogP contribution < -0.4 is 0 Å². The molecule has 0 saturated carbocycles. The minimum atomic E-state index is -3.58. The first-order valence-corrected chi connectivity index (χ1v) is 12.9. The SMILES string of the molecule is CC(/C=C/B1OC(C)(C)C(C)(C)O1)C/C=C/CCCS(=O)(=O)c1nnnn1-c1ccccc1. The molecule has 3 rings (SSSR count). The molecule has 1 aliphatic rings. The Bertz CT molecular complexity index is 1060. The van der Waals surface area contributed by atoms with Crippen LogP contribution in [0.15, 0.2) is 59.7 Å². The van der Waals surface area contributed by atoms with Gasteiger partial charge in [0.1, 0.15) is 0 Å². The molecule has 8 nitrogen and oxygen atoms in total. The lowest BCUT2D eigenvalue weighted by Gasteiger charge is -2.32. The van der Waals surface area contributed by atoms with Crippen LogP contribution in [0.1, 0.15) is 53.9 Å². The van der Waals surface area contributed by atoms with Gasteiger partial charge in [-0.05, 0) is 75.4 Å². The molecule has 1 aromatic carbocycles. The van der Waals surface area contributed by atoms with E-state index in [1.165, 1.54) is 4.68 Å². The summed E-state index contributed by atoms with van der Waals surface area (Å²) in [4.78, 5) is 0. The van der Waals surface area contributed by atoms with Crippen molar-refractivity contribution in [1.82, 2.24) is 20.2 Å². The first kappa shape index (κ1) is 25.3. The van der Waals surface area contributed by atoms with Crippen LogP contribution in [0.3, 0.4) is 0 Å². The van der Waals surface area contributed by atoms with Crippen LogP contribution in [0.4, 0.5) is 0 Å². The highest BCUT2D eigenvalue weighted by atomic mass is 32.2. The minimum Gasteiger partial charge on any atom is -0.400 e. The van der Waals surface area contributed by atoms with Gasteiger partial charge in [0, 0.05) is 0 Å². The van der Waals surface area contributed by atoms with Crippen molar-refractivity contribution >= 4 is 17.0 Å². The number of hydrogen-bond acceptors (Lipinski definition) is 7. The summed E-state index contributed by atoms with van der Waals surface area (Å²) in [5.74, 6) is 2.28. The van der Waals surface area contributed by atoms with Crippen LogP contribution in [0.5, 0.6) is 0 Å². The Hall–Kier alpha value is -2.30. The molecule has 0 aliphatic carbocycles. The van der Waals surface area contributed by atoms with Crippen molar-refractivity contribution in [3.8, 4) is 5.69 Å². The first-order valence-electron chi connectivity index (χ1n) is 11.3. The summed E-state index contributed by atoms with van der Waals surface area (Å²) >= 11 is 0. The van der Waals surface area contributed by atoms with Crippen LogP contribution in [0.25, 0.3) is 5.69 Å². The maximum Gasteiger partial charge on any atom is 0.486 e. The highest BCUT2D eigenvalue weighted by Gasteiger charge is 2.50. The van der Waals surface area contributed by atoms with Gasteiger partial charge in [0.2, 0.25) is 9.84 Å². The largest absolute Gasteiger partial charge is 0.486 e. The number of allylic oxidation sites excluding steroid dienone is 3. The lowest BCUT2D eigenvalue weighted by molar-refractivity contribution is 0.00578. The van der Waals surface area contributed by atoms with E-state index in [0.29, 0.717) is 24.4 Å². The summed E-state index contributed by atoms with van der Waals surface area (Å²) in [5, 5.41) is 11.0. The maximum atomic E-state index is 12.7. The minimum absolute atomic E-state index is 0.0120. The van der Waals surface area contributed by atoms with Crippen molar-refractivity contribution in [2.75, 3.05) is 5.75 Å². The molecular formula is C23H33BN4O4S. The van der Waals surface area contributed by atoms with Crippen LogP contribution in [-0.4, -0.2) is 52.7 Å². The van der Waals surface area contributed by atoms with E-state index in [1.807, 2.05) is 57.9 Å². The quantitative estimate of drug-likeness (QED) is 0.293. The number of benzene rings is 1. The van der Waals surface area contributed by atoms with Gasteiger partial charge in [0.15, 0.2) is 0 Å². The zero-order valence-corrected chi connectivity index (χ0v) is 20.8. The van der Waals surface area contributed by atoms with E-state index in [9.17, 15) is 8.42 Å². The van der Waals surface area contributed by atoms with E-state index >= 15 is 0 Å². The molecule has 10 heteroatoms. The molecule has 0 bridgehead atoms. The molecule has 2 heterocycles. The summed E-state index contributed by atoms with van der Waals surface area (Å²) < 4.78 is 38.6. The van der Waals surface area contributed by atoms with Crippen LogP contribution in [0, 0.1) is 5.92 Å². The normalized spacial score (nSPS) is 19.0. The highest BCUT2D eigenvalue weighted by Crippen LogP contribution is 2.37. The fourth-order valence-electron chi connectivity index (χ4n) is 3.34. The van der Waals surface area contributed by atoms with Gasteiger partial charge in [0.25, 0.3) is 5.16 Å². The van der Waals surface area contributed by atoms with Crippen molar-refractivity contribution in [2.24, 2.45) is 5.92 Å². The molecule has 0 radical (unpaired) electrons. The van der Waals surface area contributed by atoms with Gasteiger partial charge in [0.05, 0.1) is 22.6 Å². The number of nitrogens with zero attached hydrogens (tertiary/aromatic N) is 4. The molecule has 1 fully saturated rings. The predicted octanol–water partition coefficient (Wildman–Crippen LogP) is 3.99. The lowest BCUT2D eigenvalue weighted by Crippen LogP contribution is -2.41. The van der Waals surface area contributed by atoms with Gasteiger partial charge >= 0.3 is 7.12 Å². The second-order valence-electron chi connectivity index (χ2n) is 9.36. The molecule has 0 amide bonds. The molecule has 0 spiro atoms. The molecule has 33 heavy (non-hydrogen) atoms. The second kappa shape index (κ2) is 10.3. The zero-order valence-electron chi connectivity index (χ0n) is 20.0. The van der Waals surface area contributed by atoms with E-state index < -0.39 is 9.84 Å². The Labute approximate surface area is 197 Å². The summed E-state index contributed by atoms with van der Waals surface area (Å²) in [5.41, 5.74) is -0.0605. The van der Waals surface area contributed by atoms with Gasteiger partial charge in [-0.3, -0.25) is 0 Å². The summed E-state index contributed by atoms with van der Waals surface area (Å²) in [6.45, 7) is 10.3. The van der Waals surface area contributed by atoms with Crippen LogP contribution in [-0.2, 0) is 19.1 Å². The Morgan fingerprint density at radius 2 is 1.76 bits per heavy atom. The Morgan fingerprint density at radius 1 is 1.09 bits per heavy atom. The van der Waals surface area contributed by atoms with Crippen molar-refractivity contribution < 1.29 is 17.7 Å². The summed E-state index contributed by atoms with van der Waals surface area (Å²) in [6.07, 6.45) is 8.22. The summed E-state index contributed by atoms with van der Waals surface area (Å²) in [6, 6.07) is 9.00. The van der Waals surface area contributed by atoms with Crippen LogP contribution >= 0.6 is 0 Å². The van der Waals surface area contributed by atoms with E-state index in [0.717, 1.165) is 6.42 Å². The Balaban J connectivity index is 1.43. The number of hydrogen-bond donors (Lipinski definition) is 0. The fourth-order valence-corrected chi connectivity index (χ4v) is 4.64. The fraction of sp³-hybridized carbons (Fsp3) is 0.522. The van der Waals surface area contributed by atoms with Gasteiger partial charge in [-0.25, -0.2) is 8.42 Å². The van der Waals surface area contributed by atoms with E-state index in [4.69, 9.17) is 9.31 Å². The Morgan fingerprint density at radius 3 is 2.42 bits per heavy atom. The molecule has 1 aromatic heterocycles. The second-order valence-corrected chi connectivity index (χ2v) is 11.4. The molecule has 178 valence electrons. The van der Waals surface area contributed by atoms with Gasteiger partial charge in [-0.15, -0.1) is 0 Å². The van der Waals surface area contributed by atoms with Crippen molar-refractivity contribution in [1.29, 1.82) is 0 Å². The van der Waals surface area contributed by atoms with Crippen molar-refractivity contribution in [3.05, 3.63) is 54.5 Å². The van der Waals surface area contributed by atoms with Gasteiger partial charge in [-0.2, -0.15) is 4.68 Å². The van der Waals surface area contributed by atoms with Crippen molar-refractivity contribution in [2.45, 2.75) is 70.2 Å². The molecule has 1 atom stereocenters. The average Bonchev–Trinajstić information content (AvgIpc) is 3.32. The number of para-hydroxylation sites is 1. The monoisotopic (exact) mass is 472 g/mol. The third kappa shape index (κ3) is 6.40. The van der Waals surface area contributed by atoms with Gasteiger partial charge in [-0.1, -0.05) is 54.4 Å². The van der Waals surface area contributed by atoms with E-state index in [2.05, 4.69) is 34.6 Å². The molecule has 1 saturated heterocycles. The first-order chi connectivity index (χ1) is 15.5. The van der Waals surface area contributed by atoms with Crippen molar-refractivity contribution in [3.63, 3.8) is 0 Å². The average molecular weight is 472 g/mol.